The summed E-state index contributed by atoms with van der Waals surface area (Å²) in [6, 6.07) is 18.7. The molecule has 0 spiro atoms. The third-order valence-corrected chi connectivity index (χ3v) is 4.37. The molecule has 0 bridgehead atoms. The summed E-state index contributed by atoms with van der Waals surface area (Å²) in [6.07, 6.45) is 2.38. The van der Waals surface area contributed by atoms with Crippen LogP contribution < -0.4 is 5.32 Å². The number of hydrogen-bond acceptors (Lipinski definition) is 4. The number of carbonyl (C=O) groups is 1. The average Bonchev–Trinajstić information content (AvgIpc) is 3.12. The predicted molar refractivity (Wildman–Crippen MR) is 105 cm³/mol. The van der Waals surface area contributed by atoms with E-state index in [-0.39, 0.29) is 5.91 Å². The van der Waals surface area contributed by atoms with Gasteiger partial charge in [-0.1, -0.05) is 41.9 Å². The van der Waals surface area contributed by atoms with E-state index in [1.165, 1.54) is 5.56 Å². The van der Waals surface area contributed by atoms with Gasteiger partial charge in [-0.15, -0.1) is 0 Å². The van der Waals surface area contributed by atoms with Crippen LogP contribution in [0.2, 0.25) is 5.15 Å². The highest BCUT2D eigenvalue weighted by molar-refractivity contribution is 6.29. The summed E-state index contributed by atoms with van der Waals surface area (Å²) in [7, 11) is 0. The number of nitrogens with zero attached hydrogens (tertiary/aromatic N) is 2. The Morgan fingerprint density at radius 3 is 2.74 bits per heavy atom. The molecule has 0 radical (unpaired) electrons. The molecule has 0 aliphatic rings. The van der Waals surface area contributed by atoms with E-state index in [2.05, 4.69) is 15.3 Å². The van der Waals surface area contributed by atoms with Gasteiger partial charge in [0, 0.05) is 23.9 Å². The lowest BCUT2D eigenvalue weighted by atomic mass is 10.1. The van der Waals surface area contributed by atoms with Crippen LogP contribution in [0.25, 0.3) is 22.6 Å². The monoisotopic (exact) mass is 377 g/mol. The standard InChI is InChI=1S/C21H16ClN3O2/c22-19-13-16(9-11-23-19)21-25-17-12-15(6-7-18(17)27-21)20(26)24-10-8-14-4-2-1-3-5-14/h1-7,9,11-13H,8,10H2,(H,24,26). The van der Waals surface area contributed by atoms with Crippen molar-refractivity contribution >= 4 is 28.6 Å². The minimum Gasteiger partial charge on any atom is -0.436 e. The minimum atomic E-state index is -0.135. The second-order valence-electron chi connectivity index (χ2n) is 6.06. The number of fused-ring (bicyclic) bond motifs is 1. The molecule has 4 rings (SSSR count). The molecule has 5 nitrogen and oxygen atoms in total. The molecule has 1 N–H and O–H groups in total. The molecule has 6 heteroatoms. The summed E-state index contributed by atoms with van der Waals surface area (Å²) in [4.78, 5) is 20.8. The van der Waals surface area contributed by atoms with Crippen molar-refractivity contribution in [1.29, 1.82) is 0 Å². The number of pyridine rings is 1. The van der Waals surface area contributed by atoms with Crippen molar-refractivity contribution in [2.45, 2.75) is 6.42 Å². The Hall–Kier alpha value is -3.18. The van der Waals surface area contributed by atoms with Crippen LogP contribution in [0.3, 0.4) is 0 Å². The van der Waals surface area contributed by atoms with E-state index in [9.17, 15) is 4.79 Å². The van der Waals surface area contributed by atoms with Gasteiger partial charge in [-0.05, 0) is 42.3 Å². The highest BCUT2D eigenvalue weighted by atomic mass is 35.5. The molecule has 134 valence electrons. The predicted octanol–water partition coefficient (Wildman–Crippen LogP) is 4.52. The van der Waals surface area contributed by atoms with Gasteiger partial charge in [0.25, 0.3) is 5.91 Å². The van der Waals surface area contributed by atoms with Crippen molar-refractivity contribution in [3.63, 3.8) is 0 Å². The van der Waals surface area contributed by atoms with Crippen LogP contribution in [-0.4, -0.2) is 22.4 Å². The van der Waals surface area contributed by atoms with Crippen LogP contribution in [0, 0.1) is 0 Å². The van der Waals surface area contributed by atoms with Crippen LogP contribution in [0.5, 0.6) is 0 Å². The van der Waals surface area contributed by atoms with E-state index in [1.54, 1.807) is 36.5 Å². The summed E-state index contributed by atoms with van der Waals surface area (Å²) in [6.45, 7) is 0.570. The van der Waals surface area contributed by atoms with Gasteiger partial charge in [0.15, 0.2) is 5.58 Å². The number of carbonyl (C=O) groups excluding carboxylic acids is 1. The number of benzene rings is 2. The number of nitrogens with one attached hydrogen (secondary N) is 1. The lowest BCUT2D eigenvalue weighted by molar-refractivity contribution is 0.0954. The zero-order valence-corrected chi connectivity index (χ0v) is 15.1. The summed E-state index contributed by atoms with van der Waals surface area (Å²) >= 11 is 5.92. The number of amides is 1. The van der Waals surface area contributed by atoms with E-state index in [4.69, 9.17) is 16.0 Å². The third-order valence-electron chi connectivity index (χ3n) is 4.17. The van der Waals surface area contributed by atoms with E-state index in [0.29, 0.717) is 34.3 Å². The Kier molecular flexibility index (Phi) is 4.85. The number of rotatable bonds is 5. The van der Waals surface area contributed by atoms with Gasteiger partial charge in [0.2, 0.25) is 5.89 Å². The van der Waals surface area contributed by atoms with Gasteiger partial charge < -0.3 is 9.73 Å². The zero-order valence-electron chi connectivity index (χ0n) is 14.4. The molecule has 0 saturated heterocycles. The number of hydrogen-bond donors (Lipinski definition) is 1. The van der Waals surface area contributed by atoms with Crippen LogP contribution in [0.4, 0.5) is 0 Å². The second kappa shape index (κ2) is 7.60. The Morgan fingerprint density at radius 2 is 1.93 bits per heavy atom. The largest absolute Gasteiger partial charge is 0.436 e. The van der Waals surface area contributed by atoms with Gasteiger partial charge in [-0.3, -0.25) is 4.79 Å². The Labute approximate surface area is 161 Å². The van der Waals surface area contributed by atoms with Crippen molar-refractivity contribution < 1.29 is 9.21 Å². The van der Waals surface area contributed by atoms with Crippen molar-refractivity contribution in [3.05, 3.63) is 83.1 Å². The Morgan fingerprint density at radius 1 is 1.07 bits per heavy atom. The maximum atomic E-state index is 12.4. The minimum absolute atomic E-state index is 0.135. The molecule has 0 aliphatic heterocycles. The SMILES string of the molecule is O=C(NCCc1ccccc1)c1ccc2oc(-c3ccnc(Cl)c3)nc2c1. The molecule has 27 heavy (non-hydrogen) atoms. The summed E-state index contributed by atoms with van der Waals surface area (Å²) in [5, 5.41) is 3.30. The number of aromatic nitrogens is 2. The van der Waals surface area contributed by atoms with E-state index < -0.39 is 0 Å². The molecule has 2 aromatic heterocycles. The normalized spacial score (nSPS) is 10.9. The molecular weight excluding hydrogens is 362 g/mol. The fourth-order valence-electron chi connectivity index (χ4n) is 2.79. The molecule has 1 amide bonds. The Balaban J connectivity index is 1.48. The highest BCUT2D eigenvalue weighted by Crippen LogP contribution is 2.26. The molecule has 0 atom stereocenters. The Bertz CT molecular complexity index is 1090. The van der Waals surface area contributed by atoms with Gasteiger partial charge in [0.1, 0.15) is 10.7 Å². The molecule has 0 unspecified atom stereocenters. The topological polar surface area (TPSA) is 68.0 Å². The summed E-state index contributed by atoms with van der Waals surface area (Å²) < 4.78 is 5.75. The number of halogens is 1. The lowest BCUT2D eigenvalue weighted by Gasteiger charge is -2.05. The first kappa shape index (κ1) is 17.2. The van der Waals surface area contributed by atoms with Crippen LogP contribution >= 0.6 is 11.6 Å². The second-order valence-corrected chi connectivity index (χ2v) is 6.45. The molecule has 0 fully saturated rings. The maximum absolute atomic E-state index is 12.4. The quantitative estimate of drug-likeness (QED) is 0.519. The first-order valence-corrected chi connectivity index (χ1v) is 8.91. The van der Waals surface area contributed by atoms with Crippen molar-refractivity contribution in [1.82, 2.24) is 15.3 Å². The summed E-state index contributed by atoms with van der Waals surface area (Å²) in [5.41, 5.74) is 3.70. The molecule has 2 aromatic carbocycles. The summed E-state index contributed by atoms with van der Waals surface area (Å²) in [5.74, 6) is 0.306. The van der Waals surface area contributed by atoms with Gasteiger partial charge in [0.05, 0.1) is 0 Å². The first-order valence-electron chi connectivity index (χ1n) is 8.54. The fraction of sp³-hybridized carbons (Fsp3) is 0.0952. The molecular formula is C21H16ClN3O2. The fourth-order valence-corrected chi connectivity index (χ4v) is 2.97. The van der Waals surface area contributed by atoms with Crippen LogP contribution in [0.1, 0.15) is 15.9 Å². The zero-order chi connectivity index (χ0) is 18.6. The van der Waals surface area contributed by atoms with E-state index in [1.807, 2.05) is 30.3 Å². The van der Waals surface area contributed by atoms with Crippen molar-refractivity contribution in [2.24, 2.45) is 0 Å². The van der Waals surface area contributed by atoms with Crippen LogP contribution in [0.15, 0.2) is 71.3 Å². The molecule has 4 aromatic rings. The lowest BCUT2D eigenvalue weighted by Crippen LogP contribution is -2.25. The van der Waals surface area contributed by atoms with E-state index in [0.717, 1.165) is 12.0 Å². The van der Waals surface area contributed by atoms with Crippen molar-refractivity contribution in [3.8, 4) is 11.5 Å². The molecule has 0 saturated carbocycles. The molecule has 0 aliphatic carbocycles. The smallest absolute Gasteiger partial charge is 0.251 e. The average molecular weight is 378 g/mol. The molecule has 2 heterocycles. The third kappa shape index (κ3) is 3.99. The van der Waals surface area contributed by atoms with Gasteiger partial charge >= 0.3 is 0 Å². The van der Waals surface area contributed by atoms with Crippen LogP contribution in [-0.2, 0) is 6.42 Å². The number of oxazole rings is 1. The van der Waals surface area contributed by atoms with Crippen molar-refractivity contribution in [2.75, 3.05) is 6.54 Å². The van der Waals surface area contributed by atoms with E-state index >= 15 is 0 Å². The maximum Gasteiger partial charge on any atom is 0.251 e. The highest BCUT2D eigenvalue weighted by Gasteiger charge is 2.12. The van der Waals surface area contributed by atoms with Gasteiger partial charge in [-0.25, -0.2) is 9.97 Å². The van der Waals surface area contributed by atoms with Gasteiger partial charge in [-0.2, -0.15) is 0 Å². The first-order chi connectivity index (χ1) is 13.2.